The van der Waals surface area contributed by atoms with Crippen LogP contribution in [0.1, 0.15) is 37.7 Å². The molecule has 0 bridgehead atoms. The van der Waals surface area contributed by atoms with Crippen LogP contribution in [0.2, 0.25) is 0 Å². The van der Waals surface area contributed by atoms with Crippen molar-refractivity contribution >= 4 is 0 Å². The molecular formula is C23H40O6. The Labute approximate surface area is 176 Å². The van der Waals surface area contributed by atoms with Gasteiger partial charge in [0.15, 0.2) is 0 Å². The third-order valence-electron chi connectivity index (χ3n) is 4.32. The first-order valence-electron chi connectivity index (χ1n) is 11.0. The number of rotatable bonds is 22. The SMILES string of the molecule is OCCOCCOCCOCCOCCOCCCCCCCc1ccccc1. The van der Waals surface area contributed by atoms with Crippen molar-refractivity contribution < 1.29 is 28.8 Å². The summed E-state index contributed by atoms with van der Waals surface area (Å²) >= 11 is 0. The molecule has 0 saturated heterocycles. The number of hydrogen-bond acceptors (Lipinski definition) is 6. The van der Waals surface area contributed by atoms with Gasteiger partial charge in [-0.25, -0.2) is 0 Å². The number of hydrogen-bond donors (Lipinski definition) is 1. The highest BCUT2D eigenvalue weighted by Gasteiger charge is 1.95. The van der Waals surface area contributed by atoms with E-state index in [4.69, 9.17) is 28.8 Å². The molecule has 0 aliphatic heterocycles. The van der Waals surface area contributed by atoms with Crippen LogP contribution in [0.5, 0.6) is 0 Å². The summed E-state index contributed by atoms with van der Waals surface area (Å²) in [5, 5.41) is 8.54. The third kappa shape index (κ3) is 18.7. The van der Waals surface area contributed by atoms with Gasteiger partial charge < -0.3 is 28.8 Å². The van der Waals surface area contributed by atoms with Crippen LogP contribution in [0.4, 0.5) is 0 Å². The molecule has 0 heterocycles. The normalized spacial score (nSPS) is 11.2. The van der Waals surface area contributed by atoms with Crippen molar-refractivity contribution in [2.75, 3.05) is 72.7 Å². The monoisotopic (exact) mass is 412 g/mol. The van der Waals surface area contributed by atoms with Gasteiger partial charge in [-0.3, -0.25) is 0 Å². The van der Waals surface area contributed by atoms with Crippen molar-refractivity contribution in [3.63, 3.8) is 0 Å². The molecule has 0 amide bonds. The summed E-state index contributed by atoms with van der Waals surface area (Å²) in [6.45, 7) is 5.71. The summed E-state index contributed by atoms with van der Waals surface area (Å²) in [6, 6.07) is 10.7. The number of aliphatic hydroxyl groups is 1. The van der Waals surface area contributed by atoms with Crippen LogP contribution in [0.3, 0.4) is 0 Å². The van der Waals surface area contributed by atoms with Crippen LogP contribution >= 0.6 is 0 Å². The molecule has 0 fully saturated rings. The zero-order valence-electron chi connectivity index (χ0n) is 17.9. The van der Waals surface area contributed by atoms with Gasteiger partial charge in [0.2, 0.25) is 0 Å². The Kier molecular flexibility index (Phi) is 19.5. The standard InChI is InChI=1S/C23H40O6/c24-12-14-26-16-18-28-20-22-29-21-19-27-17-15-25-13-8-3-1-2-5-9-23-10-6-4-7-11-23/h4,6-7,10-11,24H,1-3,5,8-9,12-22H2. The summed E-state index contributed by atoms with van der Waals surface area (Å²) in [5.74, 6) is 0. The second kappa shape index (κ2) is 21.7. The van der Waals surface area contributed by atoms with Gasteiger partial charge in [0.25, 0.3) is 0 Å². The largest absolute Gasteiger partial charge is 0.394 e. The van der Waals surface area contributed by atoms with Crippen molar-refractivity contribution in [1.82, 2.24) is 0 Å². The summed E-state index contributed by atoms with van der Waals surface area (Å²) in [6.07, 6.45) is 7.39. The summed E-state index contributed by atoms with van der Waals surface area (Å²) in [4.78, 5) is 0. The lowest BCUT2D eigenvalue weighted by atomic mass is 10.1. The Morgan fingerprint density at radius 2 is 0.931 bits per heavy atom. The van der Waals surface area contributed by atoms with E-state index < -0.39 is 0 Å². The molecule has 6 heteroatoms. The number of aliphatic hydroxyl groups excluding tert-OH is 1. The number of aryl methyl sites for hydroxylation is 1. The number of benzene rings is 1. The molecule has 168 valence electrons. The lowest BCUT2D eigenvalue weighted by Crippen LogP contribution is -2.13. The van der Waals surface area contributed by atoms with E-state index in [-0.39, 0.29) is 6.61 Å². The molecule has 0 saturated carbocycles. The molecule has 1 aromatic carbocycles. The third-order valence-corrected chi connectivity index (χ3v) is 4.32. The van der Waals surface area contributed by atoms with Crippen LogP contribution in [-0.2, 0) is 30.1 Å². The molecule has 0 spiro atoms. The maximum absolute atomic E-state index is 8.54. The van der Waals surface area contributed by atoms with Crippen molar-refractivity contribution in [3.8, 4) is 0 Å². The minimum Gasteiger partial charge on any atom is -0.394 e. The van der Waals surface area contributed by atoms with Gasteiger partial charge in [-0.1, -0.05) is 49.6 Å². The fourth-order valence-corrected chi connectivity index (χ4v) is 2.75. The summed E-state index contributed by atoms with van der Waals surface area (Å²) in [5.41, 5.74) is 1.44. The van der Waals surface area contributed by atoms with Gasteiger partial charge in [-0.05, 0) is 24.8 Å². The van der Waals surface area contributed by atoms with Crippen molar-refractivity contribution in [3.05, 3.63) is 35.9 Å². The highest BCUT2D eigenvalue weighted by molar-refractivity contribution is 5.14. The molecule has 1 N–H and O–H groups in total. The second-order valence-electron chi connectivity index (χ2n) is 6.79. The van der Waals surface area contributed by atoms with Gasteiger partial charge in [0, 0.05) is 6.61 Å². The van der Waals surface area contributed by atoms with Gasteiger partial charge in [0.1, 0.15) is 0 Å². The number of unbranched alkanes of at least 4 members (excludes halogenated alkanes) is 4. The van der Waals surface area contributed by atoms with E-state index in [1.165, 1.54) is 37.7 Å². The van der Waals surface area contributed by atoms with E-state index in [9.17, 15) is 0 Å². The van der Waals surface area contributed by atoms with Crippen molar-refractivity contribution in [1.29, 1.82) is 0 Å². The molecular weight excluding hydrogens is 372 g/mol. The minimum atomic E-state index is 0.0454. The summed E-state index contributed by atoms with van der Waals surface area (Å²) in [7, 11) is 0. The Hall–Kier alpha value is -1.02. The molecule has 29 heavy (non-hydrogen) atoms. The highest BCUT2D eigenvalue weighted by atomic mass is 16.6. The first kappa shape index (κ1) is 26.0. The first-order valence-corrected chi connectivity index (χ1v) is 11.0. The molecule has 0 aromatic heterocycles. The Balaban J connectivity index is 1.66. The van der Waals surface area contributed by atoms with Crippen LogP contribution in [0.25, 0.3) is 0 Å². The van der Waals surface area contributed by atoms with Crippen LogP contribution in [0, 0.1) is 0 Å². The predicted molar refractivity (Wildman–Crippen MR) is 114 cm³/mol. The maximum Gasteiger partial charge on any atom is 0.0701 e. The van der Waals surface area contributed by atoms with Crippen molar-refractivity contribution in [2.24, 2.45) is 0 Å². The maximum atomic E-state index is 8.54. The molecule has 0 unspecified atom stereocenters. The number of ether oxygens (including phenoxy) is 5. The second-order valence-corrected chi connectivity index (χ2v) is 6.79. The van der Waals surface area contributed by atoms with E-state index in [1.54, 1.807) is 0 Å². The molecule has 1 aromatic rings. The smallest absolute Gasteiger partial charge is 0.0701 e. The molecule has 0 radical (unpaired) electrons. The fraction of sp³-hybridized carbons (Fsp3) is 0.739. The summed E-state index contributed by atoms with van der Waals surface area (Å²) < 4.78 is 26.9. The molecule has 6 nitrogen and oxygen atoms in total. The lowest BCUT2D eigenvalue weighted by Gasteiger charge is -2.08. The van der Waals surface area contributed by atoms with E-state index in [1.807, 2.05) is 0 Å². The van der Waals surface area contributed by atoms with E-state index in [2.05, 4.69) is 30.3 Å². The quantitative estimate of drug-likeness (QED) is 0.295. The van der Waals surface area contributed by atoms with Gasteiger partial charge >= 0.3 is 0 Å². The van der Waals surface area contributed by atoms with Crippen LogP contribution < -0.4 is 0 Å². The molecule has 0 aliphatic carbocycles. The van der Waals surface area contributed by atoms with Crippen molar-refractivity contribution in [2.45, 2.75) is 38.5 Å². The highest BCUT2D eigenvalue weighted by Crippen LogP contribution is 2.08. The molecule has 0 aliphatic rings. The van der Waals surface area contributed by atoms with Gasteiger partial charge in [-0.15, -0.1) is 0 Å². The zero-order valence-corrected chi connectivity index (χ0v) is 17.9. The average Bonchev–Trinajstić information content (AvgIpc) is 2.75. The zero-order chi connectivity index (χ0) is 20.7. The predicted octanol–water partition coefficient (Wildman–Crippen LogP) is 3.25. The average molecular weight is 413 g/mol. The Bertz CT molecular complexity index is 429. The molecule has 1 rings (SSSR count). The first-order chi connectivity index (χ1) is 14.4. The van der Waals surface area contributed by atoms with E-state index in [0.717, 1.165) is 13.0 Å². The minimum absolute atomic E-state index is 0.0454. The molecule has 0 atom stereocenters. The van der Waals surface area contributed by atoms with Gasteiger partial charge in [0.05, 0.1) is 66.1 Å². The lowest BCUT2D eigenvalue weighted by molar-refractivity contribution is -0.0134. The fourth-order valence-electron chi connectivity index (χ4n) is 2.75. The van der Waals surface area contributed by atoms with E-state index >= 15 is 0 Å². The van der Waals surface area contributed by atoms with Crippen LogP contribution in [-0.4, -0.2) is 77.8 Å². The topological polar surface area (TPSA) is 66.4 Å². The Morgan fingerprint density at radius 1 is 0.483 bits per heavy atom. The van der Waals surface area contributed by atoms with E-state index in [0.29, 0.717) is 59.5 Å². The Morgan fingerprint density at radius 3 is 1.48 bits per heavy atom. The van der Waals surface area contributed by atoms with Gasteiger partial charge in [-0.2, -0.15) is 0 Å². The van der Waals surface area contributed by atoms with Crippen LogP contribution in [0.15, 0.2) is 30.3 Å².